The minimum Gasteiger partial charge on any atom is -0.457 e. The third-order valence-electron chi connectivity index (χ3n) is 12.2. The predicted molar refractivity (Wildman–Crippen MR) is 238 cm³/mol. The highest BCUT2D eigenvalue weighted by molar-refractivity contribution is 6.05. The number of aryl methyl sites for hydroxylation is 2. The SMILES string of the molecule is [2H]C([2H])([2H])c1ccc2c(c1)Oc1cc(C([2H])([2H])[2H])c(-c3ccc4c(c3)-c3ccccc3-c3ccccc3-c3ccc(N5c6nc7ccccc7n6C6C=CC=CC65)cc3-4)cc1C2(C([2H])([2H])[2H])C([2H])([2H])[2H]. The number of allylic oxidation sites excluding steroid dienone is 2. The molecule has 4 heteroatoms. The van der Waals surface area contributed by atoms with Crippen molar-refractivity contribution in [3.8, 4) is 67.1 Å². The fraction of sp³-hybridized carbons (Fsp3) is 0.130. The van der Waals surface area contributed by atoms with Gasteiger partial charge in [-0.1, -0.05) is 129 Å². The van der Waals surface area contributed by atoms with Crippen LogP contribution in [0.3, 0.4) is 0 Å². The van der Waals surface area contributed by atoms with Crippen LogP contribution < -0.4 is 9.64 Å². The number of ether oxygens (including phenoxy) is 1. The van der Waals surface area contributed by atoms with Gasteiger partial charge in [0.25, 0.3) is 0 Å². The van der Waals surface area contributed by atoms with E-state index in [1.807, 2.05) is 60.7 Å². The Labute approximate surface area is 355 Å². The molecule has 58 heavy (non-hydrogen) atoms. The summed E-state index contributed by atoms with van der Waals surface area (Å²) in [6.45, 7) is -12.0. The molecule has 2 atom stereocenters. The monoisotopic (exact) mass is 759 g/mol. The van der Waals surface area contributed by atoms with E-state index in [0.29, 0.717) is 5.56 Å². The molecule has 2 aliphatic carbocycles. The van der Waals surface area contributed by atoms with E-state index >= 15 is 0 Å². The van der Waals surface area contributed by atoms with E-state index in [9.17, 15) is 0 Å². The summed E-state index contributed by atoms with van der Waals surface area (Å²) in [5, 5.41) is 0. The first kappa shape index (κ1) is 23.4. The van der Waals surface area contributed by atoms with Crippen molar-refractivity contribution in [2.24, 2.45) is 0 Å². The first-order chi connectivity index (χ1) is 33.3. The smallest absolute Gasteiger partial charge is 0.212 e. The van der Waals surface area contributed by atoms with E-state index in [4.69, 9.17) is 26.2 Å². The number of aromatic nitrogens is 2. The summed E-state index contributed by atoms with van der Waals surface area (Å²) < 4.78 is 113. The van der Waals surface area contributed by atoms with Crippen LogP contribution in [0.5, 0.6) is 11.5 Å². The molecule has 2 unspecified atom stereocenters. The van der Waals surface area contributed by atoms with Crippen LogP contribution in [0.15, 0.2) is 164 Å². The van der Waals surface area contributed by atoms with E-state index in [1.165, 1.54) is 24.3 Å². The Kier molecular flexibility index (Phi) is 4.85. The Balaban J connectivity index is 1.11. The zero-order chi connectivity index (χ0) is 48.9. The Bertz CT molecular complexity index is 3560. The number of rotatable bonds is 2. The van der Waals surface area contributed by atoms with E-state index in [-0.39, 0.29) is 51.4 Å². The molecule has 3 heterocycles. The summed E-state index contributed by atoms with van der Waals surface area (Å²) in [7, 11) is 0. The average molecular weight is 760 g/mol. The predicted octanol–water partition coefficient (Wildman–Crippen LogP) is 13.9. The first-order valence-electron chi connectivity index (χ1n) is 25.4. The number of hydrogen-bond acceptors (Lipinski definition) is 3. The largest absolute Gasteiger partial charge is 0.457 e. The van der Waals surface area contributed by atoms with Crippen LogP contribution >= 0.6 is 0 Å². The first-order valence-corrected chi connectivity index (χ1v) is 19.4. The third-order valence-corrected chi connectivity index (χ3v) is 12.2. The second kappa shape index (κ2) is 12.0. The summed E-state index contributed by atoms with van der Waals surface area (Å²) in [6.07, 6.45) is 8.54. The number of para-hydroxylation sites is 2. The lowest BCUT2D eigenvalue weighted by Gasteiger charge is -2.35. The zero-order valence-corrected chi connectivity index (χ0v) is 31.0. The highest BCUT2D eigenvalue weighted by Gasteiger charge is 2.40. The van der Waals surface area contributed by atoms with Gasteiger partial charge in [-0.25, -0.2) is 4.98 Å². The molecule has 7 aromatic carbocycles. The van der Waals surface area contributed by atoms with Crippen LogP contribution in [-0.2, 0) is 5.41 Å². The Morgan fingerprint density at radius 2 is 1.24 bits per heavy atom. The molecular formula is C54H41N3O. The molecule has 0 bridgehead atoms. The van der Waals surface area contributed by atoms with Crippen molar-refractivity contribution in [3.05, 3.63) is 186 Å². The van der Waals surface area contributed by atoms with Crippen LogP contribution in [0, 0.1) is 13.7 Å². The van der Waals surface area contributed by atoms with Crippen LogP contribution in [0.25, 0.3) is 66.7 Å². The molecule has 0 saturated heterocycles. The zero-order valence-electron chi connectivity index (χ0n) is 43.0. The Morgan fingerprint density at radius 3 is 2.02 bits per heavy atom. The molecule has 1 aromatic heterocycles. The quantitative estimate of drug-likeness (QED) is 0.176. The van der Waals surface area contributed by atoms with Gasteiger partial charge in [-0.15, -0.1) is 0 Å². The van der Waals surface area contributed by atoms with Crippen LogP contribution in [0.2, 0.25) is 0 Å². The maximum atomic E-state index is 8.98. The molecule has 2 aliphatic heterocycles. The minimum atomic E-state index is -3.27. The van der Waals surface area contributed by atoms with Gasteiger partial charge in [-0.2, -0.15) is 0 Å². The fourth-order valence-corrected chi connectivity index (χ4v) is 9.57. The van der Waals surface area contributed by atoms with Crippen molar-refractivity contribution in [1.82, 2.24) is 9.55 Å². The van der Waals surface area contributed by atoms with Crippen molar-refractivity contribution in [2.45, 2.75) is 44.9 Å². The van der Waals surface area contributed by atoms with Crippen LogP contribution in [0.4, 0.5) is 11.6 Å². The molecular weight excluding hydrogens is 707 g/mol. The van der Waals surface area contributed by atoms with Gasteiger partial charge in [-0.3, -0.25) is 0 Å². The second-order valence-electron chi connectivity index (χ2n) is 15.4. The molecule has 0 amide bonds. The molecule has 0 fully saturated rings. The van der Waals surface area contributed by atoms with E-state index < -0.39 is 32.8 Å². The summed E-state index contributed by atoms with van der Waals surface area (Å²) in [5.74, 6) is 0.234. The molecule has 0 saturated carbocycles. The summed E-state index contributed by atoms with van der Waals surface area (Å²) in [4.78, 5) is 7.45. The summed E-state index contributed by atoms with van der Waals surface area (Å²) in [6, 6.07) is 42.5. The van der Waals surface area contributed by atoms with Gasteiger partial charge < -0.3 is 14.2 Å². The van der Waals surface area contributed by atoms with Gasteiger partial charge in [-0.05, 0) is 129 Å². The number of imidazole rings is 1. The van der Waals surface area contributed by atoms with Gasteiger partial charge in [0.05, 0.1) is 23.1 Å². The van der Waals surface area contributed by atoms with E-state index in [2.05, 4.69) is 76.2 Å². The molecule has 4 nitrogen and oxygen atoms in total. The van der Waals surface area contributed by atoms with Crippen molar-refractivity contribution >= 4 is 22.7 Å². The Morgan fingerprint density at radius 1 is 0.569 bits per heavy atom. The average Bonchev–Trinajstić information content (AvgIpc) is 3.85. The Hall–Kier alpha value is -6.91. The maximum absolute atomic E-state index is 8.98. The lowest BCUT2D eigenvalue weighted by atomic mass is 9.74. The molecule has 278 valence electrons. The standard InChI is InChI=1S/C54H41N3O/c1-32-21-26-45-51(27-32)58-52-28-33(2)42(31-46(52)54(45,3)4)34-22-24-41-43(29-34)39-16-8-7-14-37(39)36-13-5-6-15-38(36)40-25-23-35(30-44(40)41)56-49-19-11-12-20-50(49)57-48-18-10-9-17-47(48)55-53(56)57/h5-31,49-50H,1-4H3/i1D3,2D3,3D3,4D3. The van der Waals surface area contributed by atoms with Crippen LogP contribution in [-0.4, -0.2) is 15.6 Å². The number of fused-ring (bicyclic) bond motifs is 15. The summed E-state index contributed by atoms with van der Waals surface area (Å²) in [5.41, 5.74) is 6.97. The molecule has 12 rings (SSSR count). The van der Waals surface area contributed by atoms with Crippen molar-refractivity contribution < 1.29 is 21.2 Å². The topological polar surface area (TPSA) is 30.3 Å². The van der Waals surface area contributed by atoms with Crippen molar-refractivity contribution in [3.63, 3.8) is 0 Å². The van der Waals surface area contributed by atoms with Crippen molar-refractivity contribution in [2.75, 3.05) is 4.90 Å². The maximum Gasteiger partial charge on any atom is 0.212 e. The molecule has 4 aliphatic rings. The normalized spacial score (nSPS) is 21.3. The van der Waals surface area contributed by atoms with E-state index in [1.54, 1.807) is 6.07 Å². The molecule has 0 radical (unpaired) electrons. The van der Waals surface area contributed by atoms with Gasteiger partial charge in [0.2, 0.25) is 5.95 Å². The fourth-order valence-electron chi connectivity index (χ4n) is 9.57. The number of hydrogen-bond donors (Lipinski definition) is 0. The van der Waals surface area contributed by atoms with Gasteiger partial charge in [0, 0.05) is 38.7 Å². The number of benzene rings is 7. The highest BCUT2D eigenvalue weighted by Crippen LogP contribution is 2.53. The highest BCUT2D eigenvalue weighted by atomic mass is 16.5. The lowest BCUT2D eigenvalue weighted by Crippen LogP contribution is -2.29. The van der Waals surface area contributed by atoms with Crippen molar-refractivity contribution in [1.29, 1.82) is 0 Å². The van der Waals surface area contributed by atoms with Gasteiger partial charge >= 0.3 is 0 Å². The van der Waals surface area contributed by atoms with E-state index in [0.717, 1.165) is 73.2 Å². The lowest BCUT2D eigenvalue weighted by molar-refractivity contribution is 0.417. The minimum absolute atomic E-state index is 0.000741. The van der Waals surface area contributed by atoms with Crippen LogP contribution in [0.1, 0.15) is 58.4 Å². The third kappa shape index (κ3) is 4.66. The molecule has 0 N–H and O–H groups in total. The number of nitrogens with zero attached hydrogens (tertiary/aromatic N) is 3. The molecule has 0 spiro atoms. The van der Waals surface area contributed by atoms with Gasteiger partial charge in [0.15, 0.2) is 0 Å². The number of anilines is 2. The second-order valence-corrected chi connectivity index (χ2v) is 15.4. The molecule has 8 aromatic rings. The van der Waals surface area contributed by atoms with Gasteiger partial charge in [0.1, 0.15) is 11.5 Å². The summed E-state index contributed by atoms with van der Waals surface area (Å²) >= 11 is 0.